The zero-order chi connectivity index (χ0) is 12.2. The minimum atomic E-state index is -4.09. The molecule has 0 saturated heterocycles. The summed E-state index contributed by atoms with van der Waals surface area (Å²) >= 11 is 1.58. The van der Waals surface area contributed by atoms with Crippen LogP contribution < -0.4 is 5.32 Å². The third-order valence-corrected chi connectivity index (χ3v) is 3.01. The van der Waals surface area contributed by atoms with Gasteiger partial charge >= 0.3 is 6.18 Å². The Hall–Kier alpha value is -0.620. The maximum Gasteiger partial charge on any atom is 0.390 e. The largest absolute Gasteiger partial charge is 0.390 e. The molecule has 1 heterocycles. The molecule has 0 bridgehead atoms. The summed E-state index contributed by atoms with van der Waals surface area (Å²) in [4.78, 5) is 5.27. The molecule has 0 saturated carbocycles. The average Bonchev–Trinajstić information content (AvgIpc) is 2.48. The SMILES string of the molecule is Cc1cnc(CCNC(C)CC(F)(F)F)s1. The van der Waals surface area contributed by atoms with Gasteiger partial charge in [0.1, 0.15) is 0 Å². The van der Waals surface area contributed by atoms with E-state index in [0.717, 1.165) is 9.88 Å². The molecule has 0 amide bonds. The summed E-state index contributed by atoms with van der Waals surface area (Å²) in [5.74, 6) is 0. The quantitative estimate of drug-likeness (QED) is 0.871. The van der Waals surface area contributed by atoms with Gasteiger partial charge in [-0.05, 0) is 13.8 Å². The summed E-state index contributed by atoms with van der Waals surface area (Å²) in [6, 6.07) is -0.541. The Balaban J connectivity index is 2.20. The minimum absolute atomic E-state index is 0.532. The lowest BCUT2D eigenvalue weighted by Crippen LogP contribution is -2.32. The van der Waals surface area contributed by atoms with Crippen molar-refractivity contribution in [3.05, 3.63) is 16.1 Å². The molecular weight excluding hydrogens is 237 g/mol. The number of nitrogens with zero attached hydrogens (tertiary/aromatic N) is 1. The van der Waals surface area contributed by atoms with Gasteiger partial charge in [0.2, 0.25) is 0 Å². The van der Waals surface area contributed by atoms with Crippen LogP contribution in [0.5, 0.6) is 0 Å². The summed E-state index contributed by atoms with van der Waals surface area (Å²) < 4.78 is 36.0. The highest BCUT2D eigenvalue weighted by Gasteiger charge is 2.29. The van der Waals surface area contributed by atoms with E-state index in [2.05, 4.69) is 10.3 Å². The lowest BCUT2D eigenvalue weighted by molar-refractivity contribution is -0.138. The number of hydrogen-bond acceptors (Lipinski definition) is 3. The number of aromatic nitrogens is 1. The summed E-state index contributed by atoms with van der Waals surface area (Å²) in [6.07, 6.45) is -2.42. The van der Waals surface area contributed by atoms with Crippen LogP contribution in [0.3, 0.4) is 0 Å². The van der Waals surface area contributed by atoms with Gasteiger partial charge in [-0.25, -0.2) is 4.98 Å². The molecule has 6 heteroatoms. The summed E-state index contributed by atoms with van der Waals surface area (Å²) in [5.41, 5.74) is 0. The van der Waals surface area contributed by atoms with Gasteiger partial charge in [-0.2, -0.15) is 13.2 Å². The fourth-order valence-electron chi connectivity index (χ4n) is 1.36. The van der Waals surface area contributed by atoms with Crippen LogP contribution in [-0.2, 0) is 6.42 Å². The van der Waals surface area contributed by atoms with Crippen LogP contribution in [0.25, 0.3) is 0 Å². The highest BCUT2D eigenvalue weighted by molar-refractivity contribution is 7.11. The Morgan fingerprint density at radius 3 is 2.69 bits per heavy atom. The third-order valence-electron chi connectivity index (χ3n) is 2.04. The van der Waals surface area contributed by atoms with E-state index in [1.54, 1.807) is 24.5 Å². The van der Waals surface area contributed by atoms with Gasteiger partial charge < -0.3 is 5.32 Å². The molecule has 0 spiro atoms. The number of nitrogens with one attached hydrogen (secondary N) is 1. The first-order valence-electron chi connectivity index (χ1n) is 5.08. The average molecular weight is 252 g/mol. The zero-order valence-corrected chi connectivity index (χ0v) is 10.1. The first-order chi connectivity index (χ1) is 7.37. The van der Waals surface area contributed by atoms with E-state index in [0.29, 0.717) is 13.0 Å². The van der Waals surface area contributed by atoms with Crippen LogP contribution in [0.1, 0.15) is 23.2 Å². The summed E-state index contributed by atoms with van der Waals surface area (Å²) in [6.45, 7) is 4.03. The van der Waals surface area contributed by atoms with Gasteiger partial charge in [-0.1, -0.05) is 0 Å². The second-order valence-corrected chi connectivity index (χ2v) is 5.11. The topological polar surface area (TPSA) is 24.9 Å². The predicted octanol–water partition coefficient (Wildman–Crippen LogP) is 2.92. The Labute approximate surface area is 96.9 Å². The summed E-state index contributed by atoms with van der Waals surface area (Å²) in [5, 5.41) is 3.81. The Morgan fingerprint density at radius 1 is 1.50 bits per heavy atom. The monoisotopic (exact) mass is 252 g/mol. The molecule has 1 rings (SSSR count). The predicted molar refractivity (Wildman–Crippen MR) is 58.7 cm³/mol. The molecule has 16 heavy (non-hydrogen) atoms. The molecule has 0 radical (unpaired) electrons. The van der Waals surface area contributed by atoms with Crippen molar-refractivity contribution in [2.45, 2.75) is 38.9 Å². The van der Waals surface area contributed by atoms with Crippen molar-refractivity contribution in [3.8, 4) is 0 Å². The minimum Gasteiger partial charge on any atom is -0.313 e. The third kappa shape index (κ3) is 5.46. The van der Waals surface area contributed by atoms with Crippen molar-refractivity contribution in [3.63, 3.8) is 0 Å². The molecule has 0 aromatic carbocycles. The molecule has 0 aliphatic carbocycles. The number of alkyl halides is 3. The van der Waals surface area contributed by atoms with Crippen LogP contribution in [-0.4, -0.2) is 23.7 Å². The van der Waals surface area contributed by atoms with Crippen molar-refractivity contribution in [1.29, 1.82) is 0 Å². The number of hydrogen-bond donors (Lipinski definition) is 1. The molecule has 0 fully saturated rings. The normalized spacial score (nSPS) is 14.1. The van der Waals surface area contributed by atoms with E-state index in [9.17, 15) is 13.2 Å². The second kappa shape index (κ2) is 5.63. The van der Waals surface area contributed by atoms with Crippen molar-refractivity contribution < 1.29 is 13.2 Å². The lowest BCUT2D eigenvalue weighted by atomic mass is 10.2. The summed E-state index contributed by atoms with van der Waals surface area (Å²) in [7, 11) is 0. The van der Waals surface area contributed by atoms with Crippen LogP contribution in [0, 0.1) is 6.92 Å². The van der Waals surface area contributed by atoms with Crippen LogP contribution >= 0.6 is 11.3 Å². The second-order valence-electron chi connectivity index (χ2n) is 3.79. The molecule has 1 atom stereocenters. The van der Waals surface area contributed by atoms with E-state index in [1.165, 1.54) is 0 Å². The highest BCUT2D eigenvalue weighted by Crippen LogP contribution is 2.21. The lowest BCUT2D eigenvalue weighted by Gasteiger charge is -2.15. The zero-order valence-electron chi connectivity index (χ0n) is 9.27. The van der Waals surface area contributed by atoms with Crippen molar-refractivity contribution in [2.24, 2.45) is 0 Å². The smallest absolute Gasteiger partial charge is 0.313 e. The van der Waals surface area contributed by atoms with Gasteiger partial charge in [-0.15, -0.1) is 11.3 Å². The molecular formula is C10H15F3N2S. The Morgan fingerprint density at radius 2 is 2.19 bits per heavy atom. The van der Waals surface area contributed by atoms with Crippen LogP contribution in [0.4, 0.5) is 13.2 Å². The van der Waals surface area contributed by atoms with Crippen molar-refractivity contribution >= 4 is 11.3 Å². The van der Waals surface area contributed by atoms with Gasteiger partial charge in [-0.3, -0.25) is 0 Å². The molecule has 0 aliphatic heterocycles. The molecule has 92 valence electrons. The standard InChI is InChI=1S/C10H15F3N2S/c1-7(5-10(11,12)13)14-4-3-9-15-6-8(2)16-9/h6-7,14H,3-5H2,1-2H3. The first-order valence-corrected chi connectivity index (χ1v) is 5.90. The molecule has 1 N–H and O–H groups in total. The van der Waals surface area contributed by atoms with E-state index >= 15 is 0 Å². The fraction of sp³-hybridized carbons (Fsp3) is 0.700. The number of rotatable bonds is 5. The molecule has 1 aromatic rings. The van der Waals surface area contributed by atoms with Crippen LogP contribution in [0.2, 0.25) is 0 Å². The van der Waals surface area contributed by atoms with E-state index in [1.807, 2.05) is 6.92 Å². The van der Waals surface area contributed by atoms with Gasteiger partial charge in [0.25, 0.3) is 0 Å². The maximum absolute atomic E-state index is 12.0. The van der Waals surface area contributed by atoms with Crippen molar-refractivity contribution in [1.82, 2.24) is 10.3 Å². The van der Waals surface area contributed by atoms with Crippen LogP contribution in [0.15, 0.2) is 6.20 Å². The maximum atomic E-state index is 12.0. The van der Waals surface area contributed by atoms with E-state index < -0.39 is 18.6 Å². The Bertz CT molecular complexity index is 322. The molecule has 2 nitrogen and oxygen atoms in total. The van der Waals surface area contributed by atoms with Gasteiger partial charge in [0.15, 0.2) is 0 Å². The number of halogens is 3. The molecule has 1 unspecified atom stereocenters. The van der Waals surface area contributed by atoms with E-state index in [4.69, 9.17) is 0 Å². The highest BCUT2D eigenvalue weighted by atomic mass is 32.1. The Kier molecular flexibility index (Phi) is 4.73. The van der Waals surface area contributed by atoms with Crippen molar-refractivity contribution in [2.75, 3.05) is 6.54 Å². The molecule has 0 aliphatic rings. The number of aryl methyl sites for hydroxylation is 1. The number of thiazole rings is 1. The fourth-order valence-corrected chi connectivity index (χ4v) is 2.15. The van der Waals surface area contributed by atoms with E-state index in [-0.39, 0.29) is 0 Å². The van der Waals surface area contributed by atoms with Gasteiger partial charge in [0.05, 0.1) is 11.4 Å². The van der Waals surface area contributed by atoms with Gasteiger partial charge in [0, 0.05) is 30.1 Å². The first kappa shape index (κ1) is 13.4. The molecule has 1 aromatic heterocycles.